The molecule has 8 atom stereocenters. The van der Waals surface area contributed by atoms with Crippen molar-refractivity contribution in [1.29, 1.82) is 0 Å². The normalized spacial score (nSPS) is 26.3. The molecule has 13 rings (SSSR count). The molecule has 20 radical (unpaired) electrons. The number of H-pyrrole nitrogens is 2. The van der Waals surface area contributed by atoms with Crippen molar-refractivity contribution in [2.75, 3.05) is 0 Å². The number of nitrogens with zero attached hydrogens (tertiary/aromatic N) is 2. The van der Waals surface area contributed by atoms with Gasteiger partial charge < -0.3 is 9.97 Å². The number of nitrogens with one attached hydrogen (secondary N) is 2. The zero-order valence-electron chi connectivity index (χ0n) is 41.5. The predicted molar refractivity (Wildman–Crippen MR) is 310 cm³/mol. The first-order valence-corrected chi connectivity index (χ1v) is 24.8. The van der Waals surface area contributed by atoms with E-state index in [-0.39, 0.29) is 93.7 Å². The molecule has 7 aromatic rings. The molecular weight excluding hydrogens is 963 g/mol. The van der Waals surface area contributed by atoms with Gasteiger partial charge in [-0.1, -0.05) is 118 Å². The SMILES string of the molecule is [B]C1[B]C1([B])Cc1cccc(-c2c3nc(c(-c4cccc(CC5([B])[B]C5[B])c4)c4ccc([nH]4)c(-c4cccc(CC5([B])[B]C5[B])c4)c4nc(c(-c5cccc(CC6([B])[B]C6[B])c5)c5ccc2[nH]5)C=C4)C=C3)c1.[K+].[Zn+2]. The Hall–Kier alpha value is -3.48. The summed E-state index contributed by atoms with van der Waals surface area (Å²) in [5, 5.41) is -2.16. The topological polar surface area (TPSA) is 57.4 Å². The van der Waals surface area contributed by atoms with Crippen LogP contribution in [0.3, 0.4) is 0 Å². The molecule has 2 N–H and O–H groups in total. The van der Waals surface area contributed by atoms with Gasteiger partial charge in [0, 0.05) is 44.3 Å². The van der Waals surface area contributed by atoms with E-state index in [2.05, 4.69) is 156 Å². The summed E-state index contributed by atoms with van der Waals surface area (Å²) in [6.07, 6.45) is 10.9. The molecule has 18 heteroatoms. The summed E-state index contributed by atoms with van der Waals surface area (Å²) in [5.41, 5.74) is 18.3. The zero-order valence-corrected chi connectivity index (χ0v) is 47.6. The van der Waals surface area contributed by atoms with Crippen LogP contribution in [0.25, 0.3) is 90.9 Å². The summed E-state index contributed by atoms with van der Waals surface area (Å²) in [5.74, 6) is 0. The van der Waals surface area contributed by atoms with Gasteiger partial charge in [0.25, 0.3) is 0 Å². The summed E-state index contributed by atoms with van der Waals surface area (Å²) in [6, 6.07) is 42.8. The van der Waals surface area contributed by atoms with Crippen molar-refractivity contribution in [3.8, 4) is 44.5 Å². The Morgan fingerprint density at radius 1 is 0.378 bits per heavy atom. The van der Waals surface area contributed by atoms with Crippen LogP contribution < -0.4 is 51.4 Å². The molecule has 74 heavy (non-hydrogen) atoms. The monoisotopic (exact) mass is 1000 g/mol. The van der Waals surface area contributed by atoms with Crippen molar-refractivity contribution in [2.45, 2.75) is 69.4 Å². The number of aromatic nitrogens is 4. The third-order valence-electron chi connectivity index (χ3n) is 15.7. The molecule has 8 unspecified atom stereocenters. The van der Waals surface area contributed by atoms with Crippen LogP contribution in [0, 0.1) is 0 Å². The van der Waals surface area contributed by atoms with Gasteiger partial charge in [0.1, 0.15) is 0 Å². The molecule has 8 bridgehead atoms. The van der Waals surface area contributed by atoms with Crippen LogP contribution in [-0.4, -0.2) is 112 Å². The fourth-order valence-electron chi connectivity index (χ4n) is 11.0. The number of hydrogen-bond donors (Lipinski definition) is 2. The molecule has 9 heterocycles. The molecule has 0 aliphatic carbocycles. The van der Waals surface area contributed by atoms with E-state index in [1.807, 2.05) is 29.1 Å². The second-order valence-electron chi connectivity index (χ2n) is 21.2. The average molecular weight is 1000 g/mol. The summed E-state index contributed by atoms with van der Waals surface area (Å²) < 4.78 is 0. The van der Waals surface area contributed by atoms with Crippen molar-refractivity contribution < 1.29 is 70.9 Å². The molecule has 4 aromatic carbocycles. The summed E-state index contributed by atoms with van der Waals surface area (Å²) in [7, 11) is 59.9. The summed E-state index contributed by atoms with van der Waals surface area (Å²) in [4.78, 5) is 18.9. The molecule has 0 amide bonds. The fourth-order valence-corrected chi connectivity index (χ4v) is 11.0. The number of rotatable bonds is 12. The van der Waals surface area contributed by atoms with Crippen LogP contribution in [0.1, 0.15) is 45.0 Å². The van der Waals surface area contributed by atoms with Crippen LogP contribution in [0.15, 0.2) is 121 Å². The predicted octanol–water partition coefficient (Wildman–Crippen LogP) is 6.16. The van der Waals surface area contributed by atoms with Crippen LogP contribution in [0.2, 0.25) is 43.7 Å². The van der Waals surface area contributed by atoms with E-state index in [0.717, 1.165) is 112 Å². The molecule has 0 spiro atoms. The van der Waals surface area contributed by atoms with Gasteiger partial charge in [0.05, 0.1) is 115 Å². The Bertz CT molecular complexity index is 3200. The molecule has 6 aliphatic rings. The quantitative estimate of drug-likeness (QED) is 0.144. The molecule has 0 saturated carbocycles. The molecule has 3 aromatic heterocycles. The summed E-state index contributed by atoms with van der Waals surface area (Å²) >= 11 is 0. The Morgan fingerprint density at radius 2 is 0.595 bits per heavy atom. The van der Waals surface area contributed by atoms with Crippen molar-refractivity contribution in [3.63, 3.8) is 0 Å². The van der Waals surface area contributed by atoms with Gasteiger partial charge in [-0.3, -0.25) is 0 Å². The first-order valence-electron chi connectivity index (χ1n) is 24.8. The maximum Gasteiger partial charge on any atom is 2.00 e. The van der Waals surface area contributed by atoms with E-state index in [1.54, 1.807) is 0 Å². The van der Waals surface area contributed by atoms with Gasteiger partial charge in [-0.15, -0.1) is 22.9 Å². The van der Waals surface area contributed by atoms with E-state index in [4.69, 9.17) is 72.7 Å². The number of benzene rings is 4. The standard InChI is InChI=1S/C56H38B12N4.K.Zn/c57-49-53(61,65-49)25-29-5-1-9-33(21-29)45-37-13-15-39(69-37)46(34-10-2-6-30(22-34)26-54(62)50(58)66-54)41-17-19-43(71-41)48(36-12-4-8-32(24-36)28-56(64)52(60)68-56)44-20-18-42(72-44)47(40-16-14-38(45)70-40)35-11-3-7-31(23-35)27-55(63)51(59)67-55;;/h1-24,49-52,69,72H,25-28H2;;/q;+1;+2. The van der Waals surface area contributed by atoms with Crippen LogP contribution in [-0.2, 0) is 45.2 Å². The van der Waals surface area contributed by atoms with E-state index in [9.17, 15) is 0 Å². The van der Waals surface area contributed by atoms with E-state index in [1.165, 1.54) is 0 Å². The fraction of sp³-hybridized carbons (Fsp3) is 0.214. The minimum absolute atomic E-state index is 0. The third-order valence-corrected chi connectivity index (χ3v) is 15.7. The molecule has 4 nitrogen and oxygen atoms in total. The van der Waals surface area contributed by atoms with E-state index < -0.39 is 20.9 Å². The molecule has 4 fully saturated rings. The van der Waals surface area contributed by atoms with Gasteiger partial charge in [0.2, 0.25) is 0 Å². The van der Waals surface area contributed by atoms with Crippen molar-refractivity contribution in [3.05, 3.63) is 166 Å². The third kappa shape index (κ3) is 10.0. The van der Waals surface area contributed by atoms with Crippen molar-refractivity contribution in [2.24, 2.45) is 0 Å². The van der Waals surface area contributed by atoms with Crippen LogP contribution in [0.4, 0.5) is 0 Å². The van der Waals surface area contributed by atoms with Gasteiger partial charge >= 0.3 is 70.9 Å². The minimum Gasteiger partial charge on any atom is -0.354 e. The molecule has 4 saturated heterocycles. The van der Waals surface area contributed by atoms with E-state index >= 15 is 0 Å². The first kappa shape index (κ1) is 52.6. The van der Waals surface area contributed by atoms with Gasteiger partial charge in [-0.25, -0.2) is 9.97 Å². The first-order chi connectivity index (χ1) is 34.6. The maximum atomic E-state index is 6.69. The van der Waals surface area contributed by atoms with Gasteiger partial charge in [-0.05, 0) is 119 Å². The second-order valence-corrected chi connectivity index (χ2v) is 21.2. The second kappa shape index (κ2) is 19.8. The van der Waals surface area contributed by atoms with Gasteiger partial charge in [0.15, 0.2) is 0 Å². The van der Waals surface area contributed by atoms with Crippen LogP contribution >= 0.6 is 0 Å². The Morgan fingerprint density at radius 3 is 0.797 bits per heavy atom. The number of aromatic amines is 2. The van der Waals surface area contributed by atoms with E-state index in [0.29, 0.717) is 25.7 Å². The molecule has 6 aliphatic heterocycles. The Kier molecular flexibility index (Phi) is 14.0. The Balaban J connectivity index is 0.00000294. The number of hydrogen-bond acceptors (Lipinski definition) is 2. The zero-order chi connectivity index (χ0) is 49.3. The Labute approximate surface area is 503 Å². The van der Waals surface area contributed by atoms with Crippen molar-refractivity contribution >= 4 is 138 Å². The van der Waals surface area contributed by atoms with Crippen LogP contribution in [0.5, 0.6) is 0 Å². The van der Waals surface area contributed by atoms with Crippen molar-refractivity contribution in [1.82, 2.24) is 19.9 Å². The molecular formula is C56H38B12KN4Zn+3. The maximum absolute atomic E-state index is 6.69. The minimum atomic E-state index is -0.540. The van der Waals surface area contributed by atoms with Gasteiger partial charge in [-0.2, -0.15) is 0 Å². The average Bonchev–Trinajstić information content (AvgIpc) is 4.05. The largest absolute Gasteiger partial charge is 2.00 e. The molecule has 318 valence electrons. The smallest absolute Gasteiger partial charge is 0.354 e. The number of fused-ring (bicyclic) bond motifs is 8. The summed E-state index contributed by atoms with van der Waals surface area (Å²) in [6.45, 7) is 0.